The van der Waals surface area contributed by atoms with Crippen molar-refractivity contribution < 1.29 is 14.3 Å². The highest BCUT2D eigenvalue weighted by molar-refractivity contribution is 5.94. The number of carbonyl (C=O) groups is 2. The average molecular weight is 342 g/mol. The lowest BCUT2D eigenvalue weighted by Crippen LogP contribution is -2.51. The van der Waals surface area contributed by atoms with Crippen LogP contribution in [0.1, 0.15) is 23.0 Å². The van der Waals surface area contributed by atoms with Crippen LogP contribution in [0.5, 0.6) is 0 Å². The van der Waals surface area contributed by atoms with Gasteiger partial charge in [-0.05, 0) is 26.0 Å². The van der Waals surface area contributed by atoms with Crippen LogP contribution in [-0.4, -0.2) is 64.4 Å². The molecule has 1 aromatic carbocycles. The van der Waals surface area contributed by atoms with Crippen LogP contribution in [0.3, 0.4) is 0 Å². The molecule has 0 unspecified atom stereocenters. The Morgan fingerprint density at radius 2 is 1.72 bits per heavy atom. The number of para-hydroxylation sites is 1. The summed E-state index contributed by atoms with van der Waals surface area (Å²) in [6.07, 6.45) is 1.38. The fourth-order valence-electron chi connectivity index (χ4n) is 2.91. The summed E-state index contributed by atoms with van der Waals surface area (Å²) < 4.78 is 6.69. The Morgan fingerprint density at radius 3 is 2.36 bits per heavy atom. The van der Waals surface area contributed by atoms with Crippen molar-refractivity contribution in [2.45, 2.75) is 13.8 Å². The maximum Gasteiger partial charge on any atom is 0.409 e. The van der Waals surface area contributed by atoms with E-state index >= 15 is 0 Å². The quantitative estimate of drug-likeness (QED) is 0.857. The predicted octanol–water partition coefficient (Wildman–Crippen LogP) is 2.10. The van der Waals surface area contributed by atoms with E-state index in [1.807, 2.05) is 37.3 Å². The zero-order valence-electron chi connectivity index (χ0n) is 14.5. The van der Waals surface area contributed by atoms with Gasteiger partial charge in [0.25, 0.3) is 5.91 Å². The minimum Gasteiger partial charge on any atom is -0.450 e. The summed E-state index contributed by atoms with van der Waals surface area (Å²) in [4.78, 5) is 28.2. The van der Waals surface area contributed by atoms with Crippen LogP contribution in [0.4, 0.5) is 4.79 Å². The minimum absolute atomic E-state index is 0.0673. The van der Waals surface area contributed by atoms with Crippen molar-refractivity contribution in [3.05, 3.63) is 47.8 Å². The number of carbonyl (C=O) groups excluding carboxylic acids is 2. The van der Waals surface area contributed by atoms with Crippen LogP contribution in [0.25, 0.3) is 5.69 Å². The zero-order valence-corrected chi connectivity index (χ0v) is 14.5. The van der Waals surface area contributed by atoms with Crippen molar-refractivity contribution in [3.63, 3.8) is 0 Å². The van der Waals surface area contributed by atoms with Gasteiger partial charge < -0.3 is 14.5 Å². The van der Waals surface area contributed by atoms with Crippen molar-refractivity contribution in [1.82, 2.24) is 19.6 Å². The largest absolute Gasteiger partial charge is 0.450 e. The molecular formula is C18H22N4O3. The fourth-order valence-corrected chi connectivity index (χ4v) is 2.91. The molecule has 1 aliphatic rings. The van der Waals surface area contributed by atoms with Crippen LogP contribution < -0.4 is 0 Å². The summed E-state index contributed by atoms with van der Waals surface area (Å²) >= 11 is 0. The third-order valence-electron chi connectivity index (χ3n) is 4.25. The van der Waals surface area contributed by atoms with E-state index in [-0.39, 0.29) is 12.0 Å². The zero-order chi connectivity index (χ0) is 17.8. The van der Waals surface area contributed by atoms with Gasteiger partial charge in [-0.25, -0.2) is 9.48 Å². The van der Waals surface area contributed by atoms with E-state index in [4.69, 9.17) is 4.74 Å². The molecule has 1 fully saturated rings. The third kappa shape index (κ3) is 3.50. The van der Waals surface area contributed by atoms with E-state index in [1.165, 1.54) is 0 Å². The van der Waals surface area contributed by atoms with Gasteiger partial charge in [0, 0.05) is 31.7 Å². The molecule has 0 spiro atoms. The van der Waals surface area contributed by atoms with Crippen molar-refractivity contribution in [3.8, 4) is 5.69 Å². The van der Waals surface area contributed by atoms with Gasteiger partial charge in [0.05, 0.1) is 18.5 Å². The van der Waals surface area contributed by atoms with Crippen LogP contribution >= 0.6 is 0 Å². The molecule has 1 saturated heterocycles. The first-order valence-electron chi connectivity index (χ1n) is 8.43. The smallest absolute Gasteiger partial charge is 0.409 e. The normalized spacial score (nSPS) is 14.5. The molecule has 3 rings (SSSR count). The number of rotatable bonds is 3. The van der Waals surface area contributed by atoms with E-state index in [0.29, 0.717) is 38.5 Å². The van der Waals surface area contributed by atoms with E-state index in [2.05, 4.69) is 5.10 Å². The fraction of sp³-hybridized carbons (Fsp3) is 0.389. The van der Waals surface area contributed by atoms with Gasteiger partial charge in [0.1, 0.15) is 5.69 Å². The molecule has 2 heterocycles. The first kappa shape index (κ1) is 17.0. The highest BCUT2D eigenvalue weighted by Crippen LogP contribution is 2.17. The molecule has 0 N–H and O–H groups in total. The van der Waals surface area contributed by atoms with E-state index in [1.54, 1.807) is 27.6 Å². The summed E-state index contributed by atoms with van der Waals surface area (Å²) in [5.74, 6) is -0.0673. The molecule has 0 atom stereocenters. The van der Waals surface area contributed by atoms with Gasteiger partial charge in [-0.3, -0.25) is 4.79 Å². The number of piperazine rings is 1. The molecule has 7 heteroatoms. The summed E-state index contributed by atoms with van der Waals surface area (Å²) in [7, 11) is 0. The molecule has 132 valence electrons. The van der Waals surface area contributed by atoms with Gasteiger partial charge in [0.2, 0.25) is 0 Å². The van der Waals surface area contributed by atoms with Gasteiger partial charge in [-0.1, -0.05) is 18.2 Å². The number of ether oxygens (including phenoxy) is 1. The molecule has 0 saturated carbocycles. The van der Waals surface area contributed by atoms with E-state index in [9.17, 15) is 9.59 Å². The maximum atomic E-state index is 13.0. The first-order valence-corrected chi connectivity index (χ1v) is 8.43. The first-order chi connectivity index (χ1) is 12.1. The molecule has 25 heavy (non-hydrogen) atoms. The van der Waals surface area contributed by atoms with Gasteiger partial charge >= 0.3 is 6.09 Å². The van der Waals surface area contributed by atoms with Crippen LogP contribution in [0, 0.1) is 6.92 Å². The molecule has 2 amide bonds. The number of aryl methyl sites for hydroxylation is 1. The van der Waals surface area contributed by atoms with Gasteiger partial charge in [0.15, 0.2) is 0 Å². The Balaban J connectivity index is 1.75. The standard InChI is InChI=1S/C18H22N4O3/c1-3-25-18(24)21-11-9-20(10-12-21)17(23)16-14(2)13-19-22(16)15-7-5-4-6-8-15/h4-8,13H,3,9-12H2,1-2H3. The number of aromatic nitrogens is 2. The SMILES string of the molecule is CCOC(=O)N1CCN(C(=O)c2c(C)cnn2-c2ccccc2)CC1. The lowest BCUT2D eigenvalue weighted by molar-refractivity contribution is 0.0563. The van der Waals surface area contributed by atoms with Gasteiger partial charge in [-0.15, -0.1) is 0 Å². The number of nitrogens with zero attached hydrogens (tertiary/aromatic N) is 4. The second kappa shape index (κ2) is 7.38. The van der Waals surface area contributed by atoms with E-state index in [0.717, 1.165) is 11.3 Å². The molecule has 1 aromatic heterocycles. The third-order valence-corrected chi connectivity index (χ3v) is 4.25. The molecule has 2 aromatic rings. The Labute approximate surface area is 146 Å². The average Bonchev–Trinajstić information content (AvgIpc) is 3.03. The molecular weight excluding hydrogens is 320 g/mol. The second-order valence-corrected chi connectivity index (χ2v) is 5.90. The van der Waals surface area contributed by atoms with Crippen LogP contribution in [-0.2, 0) is 4.74 Å². The van der Waals surface area contributed by atoms with Crippen molar-refractivity contribution >= 4 is 12.0 Å². The van der Waals surface area contributed by atoms with Gasteiger partial charge in [-0.2, -0.15) is 5.10 Å². The number of amides is 2. The monoisotopic (exact) mass is 342 g/mol. The molecule has 7 nitrogen and oxygen atoms in total. The van der Waals surface area contributed by atoms with Crippen molar-refractivity contribution in [2.24, 2.45) is 0 Å². The summed E-state index contributed by atoms with van der Waals surface area (Å²) in [6.45, 7) is 5.94. The Hall–Kier alpha value is -2.83. The highest BCUT2D eigenvalue weighted by atomic mass is 16.6. The summed E-state index contributed by atoms with van der Waals surface area (Å²) in [6, 6.07) is 9.59. The lowest BCUT2D eigenvalue weighted by atomic mass is 10.2. The number of benzene rings is 1. The molecule has 0 bridgehead atoms. The predicted molar refractivity (Wildman–Crippen MR) is 92.8 cm³/mol. The van der Waals surface area contributed by atoms with Crippen molar-refractivity contribution in [1.29, 1.82) is 0 Å². The molecule has 0 radical (unpaired) electrons. The Morgan fingerprint density at radius 1 is 1.08 bits per heavy atom. The molecule has 0 aliphatic carbocycles. The molecule has 1 aliphatic heterocycles. The maximum absolute atomic E-state index is 13.0. The minimum atomic E-state index is -0.319. The number of hydrogen-bond donors (Lipinski definition) is 0. The Bertz CT molecular complexity index is 749. The van der Waals surface area contributed by atoms with E-state index < -0.39 is 0 Å². The number of hydrogen-bond acceptors (Lipinski definition) is 4. The highest BCUT2D eigenvalue weighted by Gasteiger charge is 2.28. The summed E-state index contributed by atoms with van der Waals surface area (Å²) in [5, 5.41) is 4.35. The second-order valence-electron chi connectivity index (χ2n) is 5.90. The topological polar surface area (TPSA) is 67.7 Å². The lowest BCUT2D eigenvalue weighted by Gasteiger charge is -2.34. The van der Waals surface area contributed by atoms with Crippen LogP contribution in [0.15, 0.2) is 36.5 Å². The summed E-state index contributed by atoms with van der Waals surface area (Å²) in [5.41, 5.74) is 2.25. The Kier molecular flexibility index (Phi) is 5.02. The van der Waals surface area contributed by atoms with Crippen LogP contribution in [0.2, 0.25) is 0 Å². The van der Waals surface area contributed by atoms with Crippen molar-refractivity contribution in [2.75, 3.05) is 32.8 Å².